The van der Waals surface area contributed by atoms with Crippen molar-refractivity contribution < 1.29 is 19.0 Å². The van der Waals surface area contributed by atoms with Gasteiger partial charge in [-0.05, 0) is 50.0 Å². The zero-order chi connectivity index (χ0) is 29.3. The summed E-state index contributed by atoms with van der Waals surface area (Å²) < 4.78 is 17.6. The molecule has 0 radical (unpaired) electrons. The average molecular weight is 564 g/mol. The lowest BCUT2D eigenvalue weighted by molar-refractivity contribution is -0.111. The van der Waals surface area contributed by atoms with Crippen LogP contribution < -0.4 is 20.1 Å². The molecule has 1 aromatic heterocycles. The van der Waals surface area contributed by atoms with Gasteiger partial charge in [-0.3, -0.25) is 9.78 Å². The van der Waals surface area contributed by atoms with Gasteiger partial charge in [-0.2, -0.15) is 5.26 Å². The van der Waals surface area contributed by atoms with Crippen LogP contribution in [0.4, 0.5) is 17.1 Å². The minimum Gasteiger partial charge on any atom is -0.489 e. The number of nitriles is 1. The fraction of sp³-hybridized carbons (Fsp3) is 0.242. The number of pyridine rings is 1. The molecule has 1 amide bonds. The number of rotatable bonds is 11. The van der Waals surface area contributed by atoms with E-state index in [9.17, 15) is 10.1 Å². The van der Waals surface area contributed by atoms with E-state index in [1.54, 1.807) is 18.2 Å². The number of ether oxygens (including phenoxy) is 3. The lowest BCUT2D eigenvalue weighted by Crippen LogP contribution is -2.18. The van der Waals surface area contributed by atoms with E-state index in [4.69, 9.17) is 14.2 Å². The molecule has 9 nitrogen and oxygen atoms in total. The predicted molar refractivity (Wildman–Crippen MR) is 163 cm³/mol. The van der Waals surface area contributed by atoms with Gasteiger partial charge in [-0.15, -0.1) is 0 Å². The topological polar surface area (TPSA) is 109 Å². The number of carbonyl (C=O) groups is 1. The molecule has 2 N–H and O–H groups in total. The number of hydrogen-bond donors (Lipinski definition) is 2. The second-order valence-corrected chi connectivity index (χ2v) is 10.2. The highest BCUT2D eigenvalue weighted by Gasteiger charge is 2.21. The van der Waals surface area contributed by atoms with Crippen molar-refractivity contribution in [2.45, 2.75) is 19.1 Å². The molecule has 0 aliphatic carbocycles. The van der Waals surface area contributed by atoms with Crippen LogP contribution in [0.3, 0.4) is 0 Å². The lowest BCUT2D eigenvalue weighted by atomic mass is 10.1. The summed E-state index contributed by atoms with van der Waals surface area (Å²) in [5.74, 6) is 0.943. The Kier molecular flexibility index (Phi) is 9.29. The summed E-state index contributed by atoms with van der Waals surface area (Å²) >= 11 is 0. The van der Waals surface area contributed by atoms with Crippen molar-refractivity contribution in [3.8, 4) is 17.6 Å². The first-order chi connectivity index (χ1) is 20.5. The Bertz CT molecular complexity index is 1590. The van der Waals surface area contributed by atoms with Crippen molar-refractivity contribution in [1.29, 1.82) is 5.26 Å². The number of nitrogens with one attached hydrogen (secondary N) is 2. The van der Waals surface area contributed by atoms with E-state index in [1.165, 1.54) is 12.3 Å². The molecule has 5 rings (SSSR count). The fourth-order valence-corrected chi connectivity index (χ4v) is 4.48. The van der Waals surface area contributed by atoms with E-state index < -0.39 is 0 Å². The number of aromatic nitrogens is 1. The third-order valence-electron chi connectivity index (χ3n) is 6.64. The summed E-state index contributed by atoms with van der Waals surface area (Å²) in [5, 5.41) is 16.9. The van der Waals surface area contributed by atoms with Gasteiger partial charge in [0.1, 0.15) is 30.3 Å². The minimum absolute atomic E-state index is 0.124. The summed E-state index contributed by atoms with van der Waals surface area (Å²) in [7, 11) is 3.86. The molecule has 214 valence electrons. The van der Waals surface area contributed by atoms with Crippen LogP contribution in [-0.4, -0.2) is 55.7 Å². The molecule has 4 aromatic rings. The molecule has 2 heterocycles. The highest BCUT2D eigenvalue weighted by molar-refractivity contribution is 6.04. The summed E-state index contributed by atoms with van der Waals surface area (Å²) in [6.07, 6.45) is 5.45. The van der Waals surface area contributed by atoms with Crippen LogP contribution in [0, 0.1) is 11.3 Å². The molecule has 0 saturated carbocycles. The minimum atomic E-state index is -0.284. The van der Waals surface area contributed by atoms with Gasteiger partial charge in [0.25, 0.3) is 0 Å². The standard InChI is InChI=1S/C33H33N5O4/c1-38(2)15-6-9-32(39)37-30-17-28-29(18-31(30)42-27-14-16-40-22-27)35-20-24(19-34)33(28)36-25-10-12-26(13-11-25)41-21-23-7-4-3-5-8-23/h3-13,17-18,20,27H,14-16,21-22H2,1-2H3,(H,35,36)(H,37,39)/b9-6+/t27-/m0/s1. The maximum absolute atomic E-state index is 12.8. The van der Waals surface area contributed by atoms with Gasteiger partial charge in [0.15, 0.2) is 0 Å². The molecule has 42 heavy (non-hydrogen) atoms. The lowest BCUT2D eigenvalue weighted by Gasteiger charge is -2.18. The number of benzene rings is 3. The molecule has 1 fully saturated rings. The Labute approximate surface area is 245 Å². The van der Waals surface area contributed by atoms with Gasteiger partial charge in [0.05, 0.1) is 35.7 Å². The Morgan fingerprint density at radius 3 is 2.69 bits per heavy atom. The Hall–Kier alpha value is -4.91. The quantitative estimate of drug-likeness (QED) is 0.225. The van der Waals surface area contributed by atoms with E-state index >= 15 is 0 Å². The van der Waals surface area contributed by atoms with E-state index in [0.29, 0.717) is 60.0 Å². The molecule has 0 bridgehead atoms. The van der Waals surface area contributed by atoms with Crippen LogP contribution in [0.25, 0.3) is 10.9 Å². The SMILES string of the molecule is CN(C)C/C=C/C(=O)Nc1cc2c(Nc3ccc(OCc4ccccc4)cc3)c(C#N)cnc2cc1O[C@H]1CCOC1. The monoisotopic (exact) mass is 563 g/mol. The number of anilines is 3. The summed E-state index contributed by atoms with van der Waals surface area (Å²) in [4.78, 5) is 19.3. The van der Waals surface area contributed by atoms with Gasteiger partial charge in [-0.25, -0.2) is 0 Å². The van der Waals surface area contributed by atoms with Crippen molar-refractivity contribution in [3.63, 3.8) is 0 Å². The van der Waals surface area contributed by atoms with E-state index in [0.717, 1.165) is 23.4 Å². The van der Waals surface area contributed by atoms with E-state index in [1.807, 2.05) is 73.6 Å². The van der Waals surface area contributed by atoms with Crippen molar-refractivity contribution in [3.05, 3.63) is 96.2 Å². The largest absolute Gasteiger partial charge is 0.489 e. The molecule has 1 aliphatic rings. The Morgan fingerprint density at radius 2 is 1.98 bits per heavy atom. The molecule has 9 heteroatoms. The second kappa shape index (κ2) is 13.6. The van der Waals surface area contributed by atoms with Gasteiger partial charge in [0, 0.05) is 42.4 Å². The maximum Gasteiger partial charge on any atom is 0.248 e. The molecular formula is C33H33N5O4. The first kappa shape index (κ1) is 28.6. The van der Waals surface area contributed by atoms with Gasteiger partial charge >= 0.3 is 0 Å². The number of likely N-dealkylation sites (N-methyl/N-ethyl adjacent to an activating group) is 1. The summed E-state index contributed by atoms with van der Waals surface area (Å²) in [6, 6.07) is 23.3. The van der Waals surface area contributed by atoms with Gasteiger partial charge < -0.3 is 29.7 Å². The molecular weight excluding hydrogens is 530 g/mol. The number of fused-ring (bicyclic) bond motifs is 1. The first-order valence-corrected chi connectivity index (χ1v) is 13.8. The Balaban J connectivity index is 1.43. The molecule has 3 aromatic carbocycles. The van der Waals surface area contributed by atoms with Crippen molar-refractivity contribution >= 4 is 33.9 Å². The van der Waals surface area contributed by atoms with Crippen LogP contribution >= 0.6 is 0 Å². The third kappa shape index (κ3) is 7.43. The number of carbonyl (C=O) groups excluding carboxylic acids is 1. The zero-order valence-corrected chi connectivity index (χ0v) is 23.7. The van der Waals surface area contributed by atoms with Crippen LogP contribution in [-0.2, 0) is 16.1 Å². The fourth-order valence-electron chi connectivity index (χ4n) is 4.48. The van der Waals surface area contributed by atoms with Crippen LogP contribution in [0.5, 0.6) is 11.5 Å². The smallest absolute Gasteiger partial charge is 0.248 e. The maximum atomic E-state index is 12.8. The van der Waals surface area contributed by atoms with Gasteiger partial charge in [0.2, 0.25) is 5.91 Å². The first-order valence-electron chi connectivity index (χ1n) is 13.8. The highest BCUT2D eigenvalue weighted by atomic mass is 16.5. The second-order valence-electron chi connectivity index (χ2n) is 10.2. The third-order valence-corrected chi connectivity index (χ3v) is 6.64. The van der Waals surface area contributed by atoms with E-state index in [-0.39, 0.29) is 12.0 Å². The zero-order valence-electron chi connectivity index (χ0n) is 23.7. The normalized spacial score (nSPS) is 14.7. The van der Waals surface area contributed by atoms with Crippen molar-refractivity contribution in [1.82, 2.24) is 9.88 Å². The number of hydrogen-bond acceptors (Lipinski definition) is 8. The Morgan fingerprint density at radius 1 is 1.17 bits per heavy atom. The molecule has 1 saturated heterocycles. The van der Waals surface area contributed by atoms with Crippen LogP contribution in [0.15, 0.2) is 85.1 Å². The summed E-state index contributed by atoms with van der Waals surface area (Å²) in [6.45, 7) is 2.21. The van der Waals surface area contributed by atoms with Crippen LogP contribution in [0.1, 0.15) is 17.5 Å². The van der Waals surface area contributed by atoms with Crippen molar-refractivity contribution in [2.24, 2.45) is 0 Å². The summed E-state index contributed by atoms with van der Waals surface area (Å²) in [5.41, 5.74) is 3.91. The van der Waals surface area contributed by atoms with Crippen molar-refractivity contribution in [2.75, 3.05) is 44.5 Å². The molecule has 1 atom stereocenters. The highest BCUT2D eigenvalue weighted by Crippen LogP contribution is 2.37. The van der Waals surface area contributed by atoms with Crippen LogP contribution in [0.2, 0.25) is 0 Å². The predicted octanol–water partition coefficient (Wildman–Crippen LogP) is 5.65. The average Bonchev–Trinajstić information content (AvgIpc) is 3.51. The number of amides is 1. The molecule has 1 aliphatic heterocycles. The van der Waals surface area contributed by atoms with E-state index in [2.05, 4.69) is 21.7 Å². The molecule has 0 spiro atoms. The van der Waals surface area contributed by atoms with Gasteiger partial charge in [-0.1, -0.05) is 36.4 Å². The number of nitrogens with zero attached hydrogens (tertiary/aromatic N) is 3. The molecule has 0 unspecified atom stereocenters.